The van der Waals surface area contributed by atoms with Gasteiger partial charge in [-0.25, -0.2) is 4.39 Å². The zero-order valence-corrected chi connectivity index (χ0v) is 8.34. The van der Waals surface area contributed by atoms with Crippen molar-refractivity contribution in [2.45, 2.75) is 10.9 Å². The molecule has 1 atom stereocenters. The lowest BCUT2D eigenvalue weighted by molar-refractivity contribution is -0.138. The predicted octanol–water partition coefficient (Wildman–Crippen LogP) is 1.63. The summed E-state index contributed by atoms with van der Waals surface area (Å²) in [5.74, 6) is -1.81. The van der Waals surface area contributed by atoms with E-state index in [9.17, 15) is 9.18 Å². The first-order valence-electron chi connectivity index (χ1n) is 3.88. The lowest BCUT2D eigenvalue weighted by Gasteiger charge is -2.11. The molecule has 0 aliphatic carbocycles. The molecule has 0 aromatic heterocycles. The SMILES string of the molecule is CSc1cccc(F)c1C(N)C(=O)O. The highest BCUT2D eigenvalue weighted by Gasteiger charge is 2.21. The van der Waals surface area contributed by atoms with Crippen LogP contribution >= 0.6 is 11.8 Å². The molecular formula is C9H10FNO2S. The fraction of sp³-hybridized carbons (Fsp3) is 0.222. The van der Waals surface area contributed by atoms with E-state index in [4.69, 9.17) is 10.8 Å². The Kier molecular flexibility index (Phi) is 3.49. The molecule has 1 aromatic rings. The fourth-order valence-electron chi connectivity index (χ4n) is 1.12. The number of nitrogens with two attached hydrogens (primary N) is 1. The van der Waals surface area contributed by atoms with Crippen LogP contribution in [-0.4, -0.2) is 17.3 Å². The summed E-state index contributed by atoms with van der Waals surface area (Å²) < 4.78 is 13.3. The maximum absolute atomic E-state index is 13.3. The molecule has 0 aliphatic heterocycles. The van der Waals surface area contributed by atoms with Gasteiger partial charge in [-0.05, 0) is 18.4 Å². The summed E-state index contributed by atoms with van der Waals surface area (Å²) >= 11 is 1.27. The standard InChI is InChI=1S/C9H10FNO2S/c1-14-6-4-2-3-5(10)7(6)8(11)9(12)13/h2-4,8H,11H2,1H3,(H,12,13). The molecule has 0 amide bonds. The first-order chi connectivity index (χ1) is 6.57. The van der Waals surface area contributed by atoms with Gasteiger partial charge in [0, 0.05) is 10.5 Å². The van der Waals surface area contributed by atoms with E-state index in [1.807, 2.05) is 0 Å². The number of carboxylic acids is 1. The Morgan fingerprint density at radius 2 is 2.29 bits per heavy atom. The van der Waals surface area contributed by atoms with E-state index in [0.29, 0.717) is 4.90 Å². The summed E-state index contributed by atoms with van der Waals surface area (Å²) in [4.78, 5) is 11.2. The summed E-state index contributed by atoms with van der Waals surface area (Å²) in [6, 6.07) is 3.07. The Hall–Kier alpha value is -1.07. The Balaban J connectivity index is 3.23. The normalized spacial score (nSPS) is 12.5. The van der Waals surface area contributed by atoms with Crippen molar-refractivity contribution >= 4 is 17.7 Å². The van der Waals surface area contributed by atoms with Crippen molar-refractivity contribution in [1.29, 1.82) is 0 Å². The number of hydrogen-bond acceptors (Lipinski definition) is 3. The van der Waals surface area contributed by atoms with Crippen molar-refractivity contribution in [3.63, 3.8) is 0 Å². The first kappa shape index (κ1) is 11.0. The number of hydrogen-bond donors (Lipinski definition) is 2. The van der Waals surface area contributed by atoms with Crippen LogP contribution in [0.15, 0.2) is 23.1 Å². The molecule has 3 N–H and O–H groups in total. The molecule has 0 heterocycles. The molecule has 14 heavy (non-hydrogen) atoms. The van der Waals surface area contributed by atoms with E-state index in [1.54, 1.807) is 12.3 Å². The fourth-order valence-corrected chi connectivity index (χ4v) is 1.78. The van der Waals surface area contributed by atoms with Crippen LogP contribution in [0.2, 0.25) is 0 Å². The lowest BCUT2D eigenvalue weighted by Crippen LogP contribution is -2.22. The van der Waals surface area contributed by atoms with E-state index < -0.39 is 17.8 Å². The van der Waals surface area contributed by atoms with Gasteiger partial charge in [0.25, 0.3) is 0 Å². The molecule has 0 bridgehead atoms. The number of thioether (sulfide) groups is 1. The molecule has 1 aromatic carbocycles. The summed E-state index contributed by atoms with van der Waals surface area (Å²) in [6.45, 7) is 0. The summed E-state index contributed by atoms with van der Waals surface area (Å²) in [5.41, 5.74) is 5.41. The molecular weight excluding hydrogens is 205 g/mol. The topological polar surface area (TPSA) is 63.3 Å². The van der Waals surface area contributed by atoms with Crippen molar-refractivity contribution in [1.82, 2.24) is 0 Å². The molecule has 5 heteroatoms. The van der Waals surface area contributed by atoms with Gasteiger partial charge in [-0.2, -0.15) is 0 Å². The van der Waals surface area contributed by atoms with E-state index >= 15 is 0 Å². The number of carboxylic acid groups (broad SMARTS) is 1. The lowest BCUT2D eigenvalue weighted by atomic mass is 10.1. The van der Waals surface area contributed by atoms with E-state index in [-0.39, 0.29) is 5.56 Å². The zero-order valence-electron chi connectivity index (χ0n) is 7.53. The van der Waals surface area contributed by atoms with Crippen LogP contribution in [0.1, 0.15) is 11.6 Å². The Labute approximate surface area is 85.1 Å². The van der Waals surface area contributed by atoms with Crippen LogP contribution < -0.4 is 5.73 Å². The van der Waals surface area contributed by atoms with Crippen LogP contribution in [0, 0.1) is 5.82 Å². The maximum Gasteiger partial charge on any atom is 0.325 e. The van der Waals surface area contributed by atoms with Gasteiger partial charge in [0.1, 0.15) is 11.9 Å². The van der Waals surface area contributed by atoms with Crippen molar-refractivity contribution in [3.8, 4) is 0 Å². The largest absolute Gasteiger partial charge is 0.480 e. The number of halogens is 1. The van der Waals surface area contributed by atoms with Crippen molar-refractivity contribution in [2.75, 3.05) is 6.26 Å². The van der Waals surface area contributed by atoms with Gasteiger partial charge in [-0.1, -0.05) is 6.07 Å². The second-order valence-electron chi connectivity index (χ2n) is 2.67. The minimum Gasteiger partial charge on any atom is -0.480 e. The predicted molar refractivity (Wildman–Crippen MR) is 52.7 cm³/mol. The van der Waals surface area contributed by atoms with Crippen molar-refractivity contribution in [2.24, 2.45) is 5.73 Å². The van der Waals surface area contributed by atoms with Gasteiger partial charge >= 0.3 is 5.97 Å². The molecule has 0 fully saturated rings. The van der Waals surface area contributed by atoms with Gasteiger partial charge in [0.2, 0.25) is 0 Å². The first-order valence-corrected chi connectivity index (χ1v) is 5.11. The smallest absolute Gasteiger partial charge is 0.325 e. The molecule has 1 unspecified atom stereocenters. The number of benzene rings is 1. The summed E-state index contributed by atoms with van der Waals surface area (Å²) in [7, 11) is 0. The third kappa shape index (κ3) is 2.05. The van der Waals surface area contributed by atoms with Crippen LogP contribution in [0.3, 0.4) is 0 Å². The monoisotopic (exact) mass is 215 g/mol. The van der Waals surface area contributed by atoms with Crippen LogP contribution in [-0.2, 0) is 4.79 Å². The van der Waals surface area contributed by atoms with Gasteiger partial charge in [-0.3, -0.25) is 4.79 Å². The molecule has 0 saturated heterocycles. The average Bonchev–Trinajstić information content (AvgIpc) is 2.16. The zero-order chi connectivity index (χ0) is 10.7. The Morgan fingerprint density at radius 1 is 1.64 bits per heavy atom. The Morgan fingerprint density at radius 3 is 2.79 bits per heavy atom. The second kappa shape index (κ2) is 4.43. The van der Waals surface area contributed by atoms with Gasteiger partial charge in [0.05, 0.1) is 0 Å². The molecule has 0 saturated carbocycles. The third-order valence-corrected chi connectivity index (χ3v) is 2.61. The Bertz CT molecular complexity index is 357. The van der Waals surface area contributed by atoms with Crippen molar-refractivity contribution in [3.05, 3.63) is 29.6 Å². The van der Waals surface area contributed by atoms with Gasteiger partial charge in [-0.15, -0.1) is 11.8 Å². The minimum absolute atomic E-state index is 0.0486. The van der Waals surface area contributed by atoms with E-state index in [0.717, 1.165) is 0 Å². The molecule has 0 radical (unpaired) electrons. The molecule has 0 spiro atoms. The molecule has 3 nitrogen and oxygen atoms in total. The van der Waals surface area contributed by atoms with Gasteiger partial charge < -0.3 is 10.8 Å². The maximum atomic E-state index is 13.3. The van der Waals surface area contributed by atoms with Crippen molar-refractivity contribution < 1.29 is 14.3 Å². The molecule has 1 rings (SSSR count). The van der Waals surface area contributed by atoms with Crippen LogP contribution in [0.5, 0.6) is 0 Å². The quantitative estimate of drug-likeness (QED) is 0.752. The summed E-state index contributed by atoms with van der Waals surface area (Å²) in [5, 5.41) is 8.68. The number of rotatable bonds is 3. The summed E-state index contributed by atoms with van der Waals surface area (Å²) in [6.07, 6.45) is 1.74. The highest BCUT2D eigenvalue weighted by molar-refractivity contribution is 7.98. The highest BCUT2D eigenvalue weighted by Crippen LogP contribution is 2.27. The van der Waals surface area contributed by atoms with Crippen LogP contribution in [0.4, 0.5) is 4.39 Å². The minimum atomic E-state index is -1.31. The molecule has 76 valence electrons. The third-order valence-electron chi connectivity index (χ3n) is 1.81. The average molecular weight is 215 g/mol. The van der Waals surface area contributed by atoms with Crippen LogP contribution in [0.25, 0.3) is 0 Å². The van der Waals surface area contributed by atoms with E-state index in [1.165, 1.54) is 23.9 Å². The highest BCUT2D eigenvalue weighted by atomic mass is 32.2. The van der Waals surface area contributed by atoms with E-state index in [2.05, 4.69) is 0 Å². The van der Waals surface area contributed by atoms with Gasteiger partial charge in [0.15, 0.2) is 0 Å². The number of aliphatic carboxylic acids is 1. The number of carbonyl (C=O) groups is 1. The molecule has 0 aliphatic rings. The second-order valence-corrected chi connectivity index (χ2v) is 3.52.